The molecule has 0 atom stereocenters. The van der Waals surface area contributed by atoms with Crippen LogP contribution in [-0.2, 0) is 0 Å². The first-order chi connectivity index (χ1) is 8.83. The Labute approximate surface area is 105 Å². The van der Waals surface area contributed by atoms with Crippen LogP contribution in [0, 0.1) is 0 Å². The first-order valence-corrected chi connectivity index (χ1v) is 5.40. The van der Waals surface area contributed by atoms with Crippen LogP contribution < -0.4 is 14.9 Å². The van der Waals surface area contributed by atoms with Crippen LogP contribution in [0.2, 0.25) is 0 Å². The lowest BCUT2D eigenvalue weighted by atomic mass is 10.2. The molecule has 94 valence electrons. The van der Waals surface area contributed by atoms with E-state index < -0.39 is 0 Å². The van der Waals surface area contributed by atoms with Crippen molar-refractivity contribution in [2.24, 2.45) is 15.3 Å². The SMILES string of the molecule is COc1ccc(/C=N/NC2C=NN=C2)cc1OC. The second-order valence-electron chi connectivity index (χ2n) is 3.56. The third-order valence-electron chi connectivity index (χ3n) is 2.37. The van der Waals surface area contributed by atoms with E-state index in [9.17, 15) is 0 Å². The Morgan fingerprint density at radius 1 is 1.17 bits per heavy atom. The van der Waals surface area contributed by atoms with Crippen LogP contribution in [0.3, 0.4) is 0 Å². The van der Waals surface area contributed by atoms with Gasteiger partial charge < -0.3 is 9.47 Å². The molecule has 0 aromatic heterocycles. The second-order valence-corrected chi connectivity index (χ2v) is 3.56. The molecule has 1 aromatic rings. The molecule has 6 nitrogen and oxygen atoms in total. The van der Waals surface area contributed by atoms with Crippen molar-refractivity contribution in [2.75, 3.05) is 14.2 Å². The molecule has 2 rings (SSSR count). The lowest BCUT2D eigenvalue weighted by Gasteiger charge is -2.07. The highest BCUT2D eigenvalue weighted by molar-refractivity contribution is 5.91. The molecular weight excluding hydrogens is 232 g/mol. The minimum atomic E-state index is -0.0404. The first kappa shape index (κ1) is 12.1. The summed E-state index contributed by atoms with van der Waals surface area (Å²) in [5, 5.41) is 11.5. The summed E-state index contributed by atoms with van der Waals surface area (Å²) in [6.45, 7) is 0. The maximum atomic E-state index is 5.21. The van der Waals surface area contributed by atoms with Crippen LogP contribution in [-0.4, -0.2) is 38.9 Å². The highest BCUT2D eigenvalue weighted by atomic mass is 16.5. The molecule has 0 amide bonds. The van der Waals surface area contributed by atoms with Crippen molar-refractivity contribution < 1.29 is 9.47 Å². The van der Waals surface area contributed by atoms with Gasteiger partial charge in [0, 0.05) is 0 Å². The van der Waals surface area contributed by atoms with Gasteiger partial charge in [-0.3, -0.25) is 5.43 Å². The van der Waals surface area contributed by atoms with Crippen LogP contribution in [0.4, 0.5) is 0 Å². The fraction of sp³-hybridized carbons (Fsp3) is 0.250. The summed E-state index contributed by atoms with van der Waals surface area (Å²) < 4.78 is 10.4. The van der Waals surface area contributed by atoms with Crippen molar-refractivity contribution in [2.45, 2.75) is 6.04 Å². The molecule has 6 heteroatoms. The van der Waals surface area contributed by atoms with Gasteiger partial charge in [0.15, 0.2) is 11.5 Å². The van der Waals surface area contributed by atoms with Gasteiger partial charge in [-0.2, -0.15) is 15.3 Å². The van der Waals surface area contributed by atoms with E-state index in [-0.39, 0.29) is 6.04 Å². The molecule has 0 spiro atoms. The highest BCUT2D eigenvalue weighted by Crippen LogP contribution is 2.26. The van der Waals surface area contributed by atoms with Crippen molar-refractivity contribution in [3.63, 3.8) is 0 Å². The van der Waals surface area contributed by atoms with E-state index in [2.05, 4.69) is 20.7 Å². The number of hydrazone groups is 1. The Kier molecular flexibility index (Phi) is 3.90. The van der Waals surface area contributed by atoms with Gasteiger partial charge >= 0.3 is 0 Å². The van der Waals surface area contributed by atoms with Crippen LogP contribution in [0.15, 0.2) is 33.5 Å². The average molecular weight is 246 g/mol. The zero-order valence-electron chi connectivity index (χ0n) is 10.2. The number of benzene rings is 1. The number of rotatable bonds is 5. The minimum Gasteiger partial charge on any atom is -0.493 e. The standard InChI is InChI=1S/C12H14N4O2/c1-17-11-4-3-9(5-12(11)18-2)6-15-16-10-7-13-14-8-10/h3-8,10,16H,1-2H3/b15-6+. The number of methoxy groups -OCH3 is 2. The molecule has 0 aliphatic carbocycles. The largest absolute Gasteiger partial charge is 0.493 e. The predicted molar refractivity (Wildman–Crippen MR) is 71.0 cm³/mol. The van der Waals surface area contributed by atoms with E-state index in [1.54, 1.807) is 32.9 Å². The van der Waals surface area contributed by atoms with Gasteiger partial charge in [0.25, 0.3) is 0 Å². The second kappa shape index (κ2) is 5.81. The number of nitrogens with one attached hydrogen (secondary N) is 1. The number of ether oxygens (including phenoxy) is 2. The summed E-state index contributed by atoms with van der Waals surface area (Å²) in [6, 6.07) is 5.53. The van der Waals surface area contributed by atoms with Gasteiger partial charge in [0.05, 0.1) is 32.9 Å². The Balaban J connectivity index is 2.02. The van der Waals surface area contributed by atoms with Crippen molar-refractivity contribution in [1.82, 2.24) is 5.43 Å². The van der Waals surface area contributed by atoms with Gasteiger partial charge in [-0.1, -0.05) is 0 Å². The summed E-state index contributed by atoms with van der Waals surface area (Å²) >= 11 is 0. The molecule has 0 fully saturated rings. The molecule has 0 unspecified atom stereocenters. The third-order valence-corrected chi connectivity index (χ3v) is 2.37. The van der Waals surface area contributed by atoms with E-state index >= 15 is 0 Å². The maximum Gasteiger partial charge on any atom is 0.161 e. The molecule has 1 aliphatic rings. The van der Waals surface area contributed by atoms with Crippen LogP contribution >= 0.6 is 0 Å². The van der Waals surface area contributed by atoms with Gasteiger partial charge in [0.1, 0.15) is 6.04 Å². The van der Waals surface area contributed by atoms with Gasteiger partial charge in [-0.15, -0.1) is 0 Å². The highest BCUT2D eigenvalue weighted by Gasteiger charge is 2.04. The number of hydrogen-bond acceptors (Lipinski definition) is 6. The molecule has 0 saturated heterocycles. The lowest BCUT2D eigenvalue weighted by molar-refractivity contribution is 0.355. The van der Waals surface area contributed by atoms with E-state index in [1.807, 2.05) is 18.2 Å². The summed E-state index contributed by atoms with van der Waals surface area (Å²) in [6.07, 6.45) is 5.04. The quantitative estimate of drug-likeness (QED) is 0.624. The fourth-order valence-corrected chi connectivity index (χ4v) is 1.46. The van der Waals surface area contributed by atoms with Gasteiger partial charge in [0.2, 0.25) is 0 Å². The summed E-state index contributed by atoms with van der Waals surface area (Å²) in [5.74, 6) is 1.36. The number of hydrogen-bond donors (Lipinski definition) is 1. The van der Waals surface area contributed by atoms with Crippen molar-refractivity contribution >= 4 is 18.6 Å². The van der Waals surface area contributed by atoms with Gasteiger partial charge in [-0.05, 0) is 23.8 Å². The Bertz CT molecular complexity index is 485. The number of nitrogens with zero attached hydrogens (tertiary/aromatic N) is 3. The van der Waals surface area contributed by atoms with Crippen molar-refractivity contribution in [1.29, 1.82) is 0 Å². The van der Waals surface area contributed by atoms with E-state index in [0.717, 1.165) is 5.56 Å². The third kappa shape index (κ3) is 2.85. The van der Waals surface area contributed by atoms with Crippen LogP contribution in [0.25, 0.3) is 0 Å². The summed E-state index contributed by atoms with van der Waals surface area (Å²) in [5.41, 5.74) is 3.80. The van der Waals surface area contributed by atoms with Crippen LogP contribution in [0.5, 0.6) is 11.5 Å². The van der Waals surface area contributed by atoms with Crippen molar-refractivity contribution in [3.05, 3.63) is 23.8 Å². The van der Waals surface area contributed by atoms with Gasteiger partial charge in [-0.25, -0.2) is 0 Å². The molecule has 1 aliphatic heterocycles. The molecule has 0 bridgehead atoms. The zero-order chi connectivity index (χ0) is 12.8. The first-order valence-electron chi connectivity index (χ1n) is 5.40. The smallest absolute Gasteiger partial charge is 0.161 e. The molecular formula is C12H14N4O2. The van der Waals surface area contributed by atoms with Crippen LogP contribution in [0.1, 0.15) is 5.56 Å². The van der Waals surface area contributed by atoms with E-state index in [1.165, 1.54) is 0 Å². The predicted octanol–water partition coefficient (Wildman–Crippen LogP) is 1.07. The van der Waals surface area contributed by atoms with E-state index in [4.69, 9.17) is 9.47 Å². The average Bonchev–Trinajstić information content (AvgIpc) is 2.91. The Morgan fingerprint density at radius 2 is 1.89 bits per heavy atom. The molecule has 1 N–H and O–H groups in total. The summed E-state index contributed by atoms with van der Waals surface area (Å²) in [7, 11) is 3.20. The monoisotopic (exact) mass is 246 g/mol. The van der Waals surface area contributed by atoms with E-state index in [0.29, 0.717) is 11.5 Å². The Hall–Kier alpha value is -2.37. The molecule has 1 aromatic carbocycles. The minimum absolute atomic E-state index is 0.0404. The van der Waals surface area contributed by atoms with Crippen molar-refractivity contribution in [3.8, 4) is 11.5 Å². The zero-order valence-corrected chi connectivity index (χ0v) is 10.2. The maximum absolute atomic E-state index is 5.21. The fourth-order valence-electron chi connectivity index (χ4n) is 1.46. The molecule has 1 heterocycles. The normalized spacial score (nSPS) is 14.3. The Morgan fingerprint density at radius 3 is 2.56 bits per heavy atom. The molecule has 0 saturated carbocycles. The lowest BCUT2D eigenvalue weighted by Crippen LogP contribution is -2.25. The molecule has 18 heavy (non-hydrogen) atoms. The summed E-state index contributed by atoms with van der Waals surface area (Å²) in [4.78, 5) is 0. The topological polar surface area (TPSA) is 67.6 Å². The molecule has 0 radical (unpaired) electrons.